The van der Waals surface area contributed by atoms with E-state index in [1.54, 1.807) is 0 Å². The van der Waals surface area contributed by atoms with Crippen molar-refractivity contribution in [3.05, 3.63) is 35.9 Å². The van der Waals surface area contributed by atoms with Crippen molar-refractivity contribution in [1.82, 2.24) is 10.2 Å². The molecule has 1 N–H and O–H groups in total. The molecule has 0 saturated carbocycles. The summed E-state index contributed by atoms with van der Waals surface area (Å²) < 4.78 is 0. The minimum Gasteiger partial charge on any atom is -0.292 e. The van der Waals surface area contributed by atoms with Crippen LogP contribution in [0.15, 0.2) is 30.3 Å². The third kappa shape index (κ3) is 2.67. The molecule has 2 saturated heterocycles. The van der Waals surface area contributed by atoms with E-state index in [0.29, 0.717) is 5.50 Å². The number of piperidine rings is 1. The van der Waals surface area contributed by atoms with E-state index in [1.165, 1.54) is 43.8 Å². The zero-order valence-corrected chi connectivity index (χ0v) is 11.0. The molecule has 3 heteroatoms. The molecule has 2 fully saturated rings. The van der Waals surface area contributed by atoms with E-state index in [2.05, 4.69) is 52.3 Å². The average molecular weight is 248 g/mol. The molecule has 0 spiro atoms. The van der Waals surface area contributed by atoms with Crippen molar-refractivity contribution in [2.45, 2.75) is 24.3 Å². The summed E-state index contributed by atoms with van der Waals surface area (Å²) in [5, 5.41) is 3.57. The van der Waals surface area contributed by atoms with E-state index in [9.17, 15) is 0 Å². The third-order valence-corrected chi connectivity index (χ3v) is 5.05. The lowest BCUT2D eigenvalue weighted by molar-refractivity contribution is 0.184. The Morgan fingerprint density at radius 3 is 2.53 bits per heavy atom. The number of thioether (sulfide) groups is 1. The number of rotatable bonds is 2. The van der Waals surface area contributed by atoms with Gasteiger partial charge in [0.15, 0.2) is 0 Å². The van der Waals surface area contributed by atoms with Gasteiger partial charge in [0.2, 0.25) is 0 Å². The minimum absolute atomic E-state index is 0.590. The zero-order valence-electron chi connectivity index (χ0n) is 10.1. The fourth-order valence-electron chi connectivity index (χ4n) is 2.84. The molecule has 1 aromatic rings. The Balaban J connectivity index is 1.57. The molecule has 0 bridgehead atoms. The molecular formula is C14H20N2S. The fraction of sp³-hybridized carbons (Fsp3) is 0.571. The molecule has 2 aliphatic rings. The number of nitrogens with one attached hydrogen (secondary N) is 1. The van der Waals surface area contributed by atoms with Gasteiger partial charge in [-0.15, -0.1) is 11.8 Å². The second-order valence-corrected chi connectivity index (χ2v) is 6.09. The van der Waals surface area contributed by atoms with Gasteiger partial charge in [0.05, 0.1) is 0 Å². The van der Waals surface area contributed by atoms with Crippen molar-refractivity contribution in [3.63, 3.8) is 0 Å². The van der Waals surface area contributed by atoms with Crippen molar-refractivity contribution in [2.24, 2.45) is 0 Å². The van der Waals surface area contributed by atoms with E-state index < -0.39 is 0 Å². The normalized spacial score (nSPS) is 27.4. The molecule has 17 heavy (non-hydrogen) atoms. The van der Waals surface area contributed by atoms with Crippen molar-refractivity contribution in [1.29, 1.82) is 0 Å². The van der Waals surface area contributed by atoms with Gasteiger partial charge in [-0.05, 0) is 24.3 Å². The Bertz CT molecular complexity index is 340. The van der Waals surface area contributed by atoms with Crippen molar-refractivity contribution in [3.8, 4) is 0 Å². The molecule has 0 radical (unpaired) electrons. The molecule has 3 rings (SSSR count). The van der Waals surface area contributed by atoms with Gasteiger partial charge >= 0.3 is 0 Å². The molecule has 0 amide bonds. The van der Waals surface area contributed by atoms with Crippen LogP contribution in [0.2, 0.25) is 0 Å². The topological polar surface area (TPSA) is 15.3 Å². The van der Waals surface area contributed by atoms with Gasteiger partial charge in [-0.2, -0.15) is 0 Å². The van der Waals surface area contributed by atoms with Gasteiger partial charge < -0.3 is 0 Å². The molecule has 2 nitrogen and oxygen atoms in total. The SMILES string of the molecule is c1ccc(C2CCN(C3NCCS3)CC2)cc1. The Morgan fingerprint density at radius 2 is 1.88 bits per heavy atom. The number of benzene rings is 1. The molecule has 0 aliphatic carbocycles. The van der Waals surface area contributed by atoms with E-state index in [0.717, 1.165) is 5.92 Å². The summed E-state index contributed by atoms with van der Waals surface area (Å²) in [5.74, 6) is 2.04. The van der Waals surface area contributed by atoms with E-state index in [1.807, 2.05) is 0 Å². The Kier molecular flexibility index (Phi) is 3.69. The molecule has 1 atom stereocenters. The van der Waals surface area contributed by atoms with Crippen LogP contribution in [0.5, 0.6) is 0 Å². The Hall–Kier alpha value is -0.510. The zero-order chi connectivity index (χ0) is 11.5. The van der Waals surface area contributed by atoms with Crippen LogP contribution in [0, 0.1) is 0 Å². The fourth-order valence-corrected chi connectivity index (χ4v) is 3.96. The van der Waals surface area contributed by atoms with Crippen molar-refractivity contribution < 1.29 is 0 Å². The van der Waals surface area contributed by atoms with Gasteiger partial charge in [-0.1, -0.05) is 30.3 Å². The maximum absolute atomic E-state index is 3.57. The smallest absolute Gasteiger partial charge is 0.108 e. The lowest BCUT2D eigenvalue weighted by Crippen LogP contribution is -2.44. The highest BCUT2D eigenvalue weighted by molar-refractivity contribution is 8.00. The van der Waals surface area contributed by atoms with Crippen LogP contribution in [0.3, 0.4) is 0 Å². The highest BCUT2D eigenvalue weighted by Crippen LogP contribution is 2.30. The predicted molar refractivity (Wildman–Crippen MR) is 74.2 cm³/mol. The molecule has 1 aromatic carbocycles. The summed E-state index contributed by atoms with van der Waals surface area (Å²) in [6.07, 6.45) is 2.62. The maximum atomic E-state index is 3.57. The van der Waals surface area contributed by atoms with E-state index in [4.69, 9.17) is 0 Å². The van der Waals surface area contributed by atoms with Gasteiger partial charge in [-0.3, -0.25) is 10.2 Å². The van der Waals surface area contributed by atoms with Crippen molar-refractivity contribution >= 4 is 11.8 Å². The van der Waals surface area contributed by atoms with Crippen LogP contribution in [0.1, 0.15) is 24.3 Å². The standard InChI is InChI=1S/C14H20N2S/c1-2-4-12(5-3-1)13-6-9-16(10-7-13)14-15-8-11-17-14/h1-5,13-15H,6-11H2. The first kappa shape index (κ1) is 11.6. The quantitative estimate of drug-likeness (QED) is 0.865. The lowest BCUT2D eigenvalue weighted by Gasteiger charge is -2.35. The summed E-state index contributed by atoms with van der Waals surface area (Å²) in [6, 6.07) is 11.0. The summed E-state index contributed by atoms with van der Waals surface area (Å²) in [7, 11) is 0. The molecule has 92 valence electrons. The summed E-state index contributed by atoms with van der Waals surface area (Å²) >= 11 is 2.06. The van der Waals surface area contributed by atoms with E-state index >= 15 is 0 Å². The van der Waals surface area contributed by atoms with Gasteiger partial charge in [-0.25, -0.2) is 0 Å². The molecule has 2 heterocycles. The summed E-state index contributed by atoms with van der Waals surface area (Å²) in [4.78, 5) is 2.61. The predicted octanol–water partition coefficient (Wildman–Crippen LogP) is 2.49. The second-order valence-electron chi connectivity index (χ2n) is 4.90. The van der Waals surface area contributed by atoms with E-state index in [-0.39, 0.29) is 0 Å². The second kappa shape index (κ2) is 5.42. The first-order valence-corrected chi connectivity index (χ1v) is 7.62. The van der Waals surface area contributed by atoms with Crippen LogP contribution >= 0.6 is 11.8 Å². The monoisotopic (exact) mass is 248 g/mol. The summed E-state index contributed by atoms with van der Waals surface area (Å²) in [5.41, 5.74) is 2.12. The minimum atomic E-state index is 0.590. The summed E-state index contributed by atoms with van der Waals surface area (Å²) in [6.45, 7) is 3.66. The van der Waals surface area contributed by atoms with Crippen LogP contribution in [0.4, 0.5) is 0 Å². The molecule has 0 aromatic heterocycles. The molecule has 2 aliphatic heterocycles. The number of likely N-dealkylation sites (tertiary alicyclic amines) is 1. The number of nitrogens with zero attached hydrogens (tertiary/aromatic N) is 1. The first-order chi connectivity index (χ1) is 8.43. The lowest BCUT2D eigenvalue weighted by atomic mass is 9.90. The molecule has 1 unspecified atom stereocenters. The van der Waals surface area contributed by atoms with Crippen molar-refractivity contribution in [2.75, 3.05) is 25.4 Å². The van der Waals surface area contributed by atoms with Gasteiger partial charge in [0, 0.05) is 25.4 Å². The Morgan fingerprint density at radius 1 is 1.12 bits per heavy atom. The van der Waals surface area contributed by atoms with Crippen LogP contribution in [-0.4, -0.2) is 35.8 Å². The van der Waals surface area contributed by atoms with Crippen LogP contribution < -0.4 is 5.32 Å². The first-order valence-electron chi connectivity index (χ1n) is 6.57. The number of hydrogen-bond acceptors (Lipinski definition) is 3. The molecular weight excluding hydrogens is 228 g/mol. The largest absolute Gasteiger partial charge is 0.292 e. The van der Waals surface area contributed by atoms with Crippen LogP contribution in [-0.2, 0) is 0 Å². The maximum Gasteiger partial charge on any atom is 0.108 e. The third-order valence-electron chi connectivity index (χ3n) is 3.83. The Labute approximate surface area is 108 Å². The number of hydrogen-bond donors (Lipinski definition) is 1. The highest BCUT2D eigenvalue weighted by Gasteiger charge is 2.27. The van der Waals surface area contributed by atoms with Crippen LogP contribution in [0.25, 0.3) is 0 Å². The van der Waals surface area contributed by atoms with Gasteiger partial charge in [0.1, 0.15) is 5.50 Å². The highest BCUT2D eigenvalue weighted by atomic mass is 32.2. The van der Waals surface area contributed by atoms with Gasteiger partial charge in [0.25, 0.3) is 0 Å². The average Bonchev–Trinajstić information content (AvgIpc) is 2.94.